The van der Waals surface area contributed by atoms with Crippen LogP contribution in [0.4, 0.5) is 0 Å². The molecule has 0 aromatic rings. The maximum absolute atomic E-state index is 9.95. The molecule has 0 aliphatic rings. The van der Waals surface area contributed by atoms with Gasteiger partial charge in [0.25, 0.3) is 0 Å². The van der Waals surface area contributed by atoms with E-state index in [-0.39, 0.29) is 14.8 Å². The van der Waals surface area contributed by atoms with Gasteiger partial charge in [0.05, 0.1) is 6.10 Å². The summed E-state index contributed by atoms with van der Waals surface area (Å²) >= 11 is 0. The first-order valence-corrected chi connectivity index (χ1v) is 3.93. The van der Waals surface area contributed by atoms with Crippen molar-refractivity contribution in [2.24, 2.45) is 5.92 Å². The molecule has 9 heavy (non-hydrogen) atoms. The molecule has 0 aromatic heterocycles. The lowest BCUT2D eigenvalue weighted by Crippen LogP contribution is -2.13. The first kappa shape index (κ1) is 9.06. The Kier molecular flexibility index (Phi) is 4.93. The van der Waals surface area contributed by atoms with Gasteiger partial charge in [-0.1, -0.05) is 20.8 Å². The van der Waals surface area contributed by atoms with E-state index in [4.69, 9.17) is 4.52 Å². The minimum Gasteiger partial charge on any atom is -0.291 e. The van der Waals surface area contributed by atoms with Gasteiger partial charge in [0, 0.05) is 0 Å². The van der Waals surface area contributed by atoms with Gasteiger partial charge in [-0.05, 0) is 12.3 Å². The van der Waals surface area contributed by atoms with Crippen molar-refractivity contribution in [2.75, 3.05) is 0 Å². The highest BCUT2D eigenvalue weighted by Gasteiger charge is 2.10. The second-order valence-corrected chi connectivity index (χ2v) is 2.73. The van der Waals surface area contributed by atoms with Crippen molar-refractivity contribution in [3.05, 3.63) is 0 Å². The van der Waals surface area contributed by atoms with E-state index < -0.39 is 0 Å². The van der Waals surface area contributed by atoms with Crippen LogP contribution in [0.15, 0.2) is 0 Å². The van der Waals surface area contributed by atoms with Gasteiger partial charge in [0.15, 0.2) is 0 Å². The summed E-state index contributed by atoms with van der Waals surface area (Å²) in [6, 6.07) is 0. The van der Waals surface area contributed by atoms with Crippen LogP contribution in [0.2, 0.25) is 0 Å². The van der Waals surface area contributed by atoms with E-state index in [9.17, 15) is 4.57 Å². The molecule has 0 bridgehead atoms. The van der Waals surface area contributed by atoms with Gasteiger partial charge in [0.1, 0.15) is 0 Å². The molecule has 0 saturated carbocycles. The molecule has 0 aromatic carbocycles. The number of hydrogen-bond donors (Lipinski definition) is 0. The Morgan fingerprint density at radius 1 is 1.56 bits per heavy atom. The van der Waals surface area contributed by atoms with Crippen molar-refractivity contribution in [1.29, 1.82) is 0 Å². The fraction of sp³-hybridized carbons (Fsp3) is 1.00. The van der Waals surface area contributed by atoms with Crippen LogP contribution in [-0.2, 0) is 9.09 Å². The zero-order chi connectivity index (χ0) is 7.28. The average Bonchev–Trinajstić information content (AvgIpc) is 1.82. The molecule has 0 heterocycles. The summed E-state index contributed by atoms with van der Waals surface area (Å²) < 4.78 is 14.8. The van der Waals surface area contributed by atoms with E-state index in [0.29, 0.717) is 5.92 Å². The Hall–Kier alpha value is 0.0600. The molecule has 0 rings (SSSR count). The van der Waals surface area contributed by atoms with Gasteiger partial charge in [-0.2, -0.15) is 0 Å². The molecule has 0 radical (unpaired) electrons. The summed E-state index contributed by atoms with van der Waals surface area (Å²) in [6.07, 6.45) is 1.07. The third-order valence-electron chi connectivity index (χ3n) is 1.32. The zero-order valence-corrected chi connectivity index (χ0v) is 7.02. The standard InChI is InChI=1S/C6H13O2P/c1-4-6(5(2)3)8-9-7/h5-6H,4H2,1-3H3. The van der Waals surface area contributed by atoms with Gasteiger partial charge in [-0.25, -0.2) is 4.57 Å². The normalized spacial score (nSPS) is 14.7. The van der Waals surface area contributed by atoms with Crippen molar-refractivity contribution in [2.45, 2.75) is 33.3 Å². The first-order chi connectivity index (χ1) is 4.22. The van der Waals surface area contributed by atoms with E-state index in [2.05, 4.69) is 13.8 Å². The van der Waals surface area contributed by atoms with Gasteiger partial charge in [-0.3, -0.25) is 4.52 Å². The van der Waals surface area contributed by atoms with Crippen molar-refractivity contribution >= 4 is 8.69 Å². The van der Waals surface area contributed by atoms with Crippen LogP contribution >= 0.6 is 8.69 Å². The van der Waals surface area contributed by atoms with Crippen LogP contribution in [0.1, 0.15) is 27.2 Å². The highest BCUT2D eigenvalue weighted by atomic mass is 31.1. The van der Waals surface area contributed by atoms with Crippen LogP contribution in [0.5, 0.6) is 0 Å². The molecule has 0 aliphatic heterocycles. The number of rotatable bonds is 4. The molecule has 0 spiro atoms. The highest BCUT2D eigenvalue weighted by molar-refractivity contribution is 7.17. The molecule has 3 heteroatoms. The van der Waals surface area contributed by atoms with E-state index in [1.165, 1.54) is 0 Å². The molecule has 0 amide bonds. The van der Waals surface area contributed by atoms with Crippen molar-refractivity contribution < 1.29 is 9.09 Å². The van der Waals surface area contributed by atoms with E-state index >= 15 is 0 Å². The Morgan fingerprint density at radius 2 is 2.11 bits per heavy atom. The van der Waals surface area contributed by atoms with Crippen LogP contribution in [0.3, 0.4) is 0 Å². The molecular weight excluding hydrogens is 135 g/mol. The molecule has 0 aliphatic carbocycles. The van der Waals surface area contributed by atoms with Crippen LogP contribution in [0.25, 0.3) is 0 Å². The quantitative estimate of drug-likeness (QED) is 0.573. The Morgan fingerprint density at radius 3 is 2.22 bits per heavy atom. The fourth-order valence-electron chi connectivity index (χ4n) is 0.723. The molecule has 2 nitrogen and oxygen atoms in total. The second-order valence-electron chi connectivity index (χ2n) is 2.37. The number of hydrogen-bond acceptors (Lipinski definition) is 2. The van der Waals surface area contributed by atoms with Crippen LogP contribution < -0.4 is 0 Å². The van der Waals surface area contributed by atoms with Gasteiger partial charge in [-0.15, -0.1) is 0 Å². The monoisotopic (exact) mass is 148 g/mol. The summed E-state index contributed by atoms with van der Waals surface area (Å²) in [6.45, 7) is 6.13. The van der Waals surface area contributed by atoms with Crippen molar-refractivity contribution in [3.8, 4) is 0 Å². The summed E-state index contributed by atoms with van der Waals surface area (Å²) in [5.74, 6) is 0.455. The Bertz CT molecular complexity index is 83.1. The summed E-state index contributed by atoms with van der Waals surface area (Å²) in [4.78, 5) is 0. The van der Waals surface area contributed by atoms with Gasteiger partial charge < -0.3 is 0 Å². The molecular formula is C6H13O2P. The molecule has 1 unspecified atom stereocenters. The van der Waals surface area contributed by atoms with Gasteiger partial charge in [0.2, 0.25) is 0 Å². The topological polar surface area (TPSA) is 26.3 Å². The lowest BCUT2D eigenvalue weighted by Gasteiger charge is -2.13. The maximum atomic E-state index is 9.95. The summed E-state index contributed by atoms with van der Waals surface area (Å²) in [5, 5.41) is 0. The van der Waals surface area contributed by atoms with Crippen molar-refractivity contribution in [1.82, 2.24) is 0 Å². The largest absolute Gasteiger partial charge is 0.327 e. The SMILES string of the molecule is CCC(OP=O)C(C)C. The molecule has 1 atom stereocenters. The minimum atomic E-state index is -0.200. The Labute approximate surface area is 57.9 Å². The fourth-order valence-corrected chi connectivity index (χ4v) is 1.23. The minimum absolute atomic E-state index is 0.143. The van der Waals surface area contributed by atoms with Crippen molar-refractivity contribution in [3.63, 3.8) is 0 Å². The van der Waals surface area contributed by atoms with Crippen LogP contribution in [0, 0.1) is 5.92 Å². The Balaban J connectivity index is 3.53. The third kappa shape index (κ3) is 3.61. The smallest absolute Gasteiger partial charge is 0.291 e. The predicted molar refractivity (Wildman–Crippen MR) is 37.6 cm³/mol. The van der Waals surface area contributed by atoms with E-state index in [1.54, 1.807) is 0 Å². The van der Waals surface area contributed by atoms with Gasteiger partial charge >= 0.3 is 8.69 Å². The van der Waals surface area contributed by atoms with E-state index in [0.717, 1.165) is 6.42 Å². The lowest BCUT2D eigenvalue weighted by molar-refractivity contribution is 0.165. The average molecular weight is 148 g/mol. The second kappa shape index (κ2) is 4.89. The molecule has 54 valence electrons. The maximum Gasteiger partial charge on any atom is 0.327 e. The highest BCUT2D eigenvalue weighted by Crippen LogP contribution is 2.14. The lowest BCUT2D eigenvalue weighted by atomic mass is 10.1. The predicted octanol–water partition coefficient (Wildman–Crippen LogP) is 2.64. The zero-order valence-electron chi connectivity index (χ0n) is 6.13. The third-order valence-corrected chi connectivity index (χ3v) is 1.68. The van der Waals surface area contributed by atoms with Crippen LogP contribution in [-0.4, -0.2) is 6.10 Å². The summed E-state index contributed by atoms with van der Waals surface area (Å²) in [5.41, 5.74) is 0. The molecule has 0 fully saturated rings. The molecule has 0 saturated heterocycles. The first-order valence-electron chi connectivity index (χ1n) is 3.20. The van der Waals surface area contributed by atoms with E-state index in [1.807, 2.05) is 6.92 Å². The summed E-state index contributed by atoms with van der Waals surface area (Å²) in [7, 11) is -0.200. The molecule has 0 N–H and O–H groups in total.